The number of carbonyl (C=O) groups is 1. The summed E-state index contributed by atoms with van der Waals surface area (Å²) in [4.78, 5) is 15.9. The molecule has 1 atom stereocenters. The van der Waals surface area contributed by atoms with Gasteiger partial charge in [0.15, 0.2) is 18.0 Å². The summed E-state index contributed by atoms with van der Waals surface area (Å²) in [5.74, 6) is -2.76. The van der Waals surface area contributed by atoms with Crippen molar-refractivity contribution >= 4 is 46.6 Å². The molecule has 0 aliphatic heterocycles. The van der Waals surface area contributed by atoms with E-state index in [1.807, 2.05) is 0 Å². The molecule has 2 N–H and O–H groups in total. The van der Waals surface area contributed by atoms with E-state index in [-0.39, 0.29) is 28.6 Å². The fourth-order valence-corrected chi connectivity index (χ4v) is 4.08. The van der Waals surface area contributed by atoms with E-state index in [1.54, 1.807) is 0 Å². The molecule has 0 amide bonds. The SMILES string of the molecule is Cn1nc(C(F)(F)F)c(C(=O)O)c1C(Nc1ccc2c(c1)ncn2SF)c1ccc(Cl)cc1F. The van der Waals surface area contributed by atoms with Crippen LogP contribution in [-0.2, 0) is 13.2 Å². The molecule has 4 aromatic rings. The summed E-state index contributed by atoms with van der Waals surface area (Å²) in [6.07, 6.45) is -3.84. The molecule has 0 aliphatic rings. The molecule has 0 saturated heterocycles. The van der Waals surface area contributed by atoms with Crippen LogP contribution < -0.4 is 5.32 Å². The zero-order valence-corrected chi connectivity index (χ0v) is 18.5. The van der Waals surface area contributed by atoms with Crippen molar-refractivity contribution in [2.24, 2.45) is 7.05 Å². The topological polar surface area (TPSA) is 85.0 Å². The number of rotatable bonds is 6. The molecule has 7 nitrogen and oxygen atoms in total. The molecule has 0 radical (unpaired) electrons. The number of hydrogen-bond donors (Lipinski definition) is 2. The number of imidazole rings is 1. The minimum absolute atomic E-state index is 0.0372. The molecule has 0 saturated carbocycles. The van der Waals surface area contributed by atoms with E-state index in [1.165, 1.54) is 36.7 Å². The number of fused-ring (bicyclic) bond motifs is 1. The number of carboxylic acids is 1. The molecule has 1 unspecified atom stereocenters. The molecule has 0 fully saturated rings. The zero-order chi connectivity index (χ0) is 24.8. The number of hydrogen-bond acceptors (Lipinski definition) is 5. The fraction of sp³-hybridized carbons (Fsp3) is 0.150. The number of nitrogens with zero attached hydrogens (tertiary/aromatic N) is 4. The molecule has 0 bridgehead atoms. The van der Waals surface area contributed by atoms with Gasteiger partial charge in [0, 0.05) is 23.3 Å². The minimum atomic E-state index is -5.07. The zero-order valence-electron chi connectivity index (χ0n) is 16.9. The van der Waals surface area contributed by atoms with Gasteiger partial charge in [0.05, 0.1) is 22.8 Å². The summed E-state index contributed by atoms with van der Waals surface area (Å²) < 4.78 is 70.4. The van der Waals surface area contributed by atoms with Crippen LogP contribution in [0.25, 0.3) is 11.0 Å². The van der Waals surface area contributed by atoms with Gasteiger partial charge >= 0.3 is 12.1 Å². The maximum atomic E-state index is 14.9. The normalized spacial score (nSPS) is 12.8. The van der Waals surface area contributed by atoms with E-state index in [0.29, 0.717) is 11.0 Å². The second kappa shape index (κ2) is 8.80. The Balaban J connectivity index is 1.92. The number of anilines is 1. The van der Waals surface area contributed by atoms with Gasteiger partial charge in [-0.25, -0.2) is 18.1 Å². The summed E-state index contributed by atoms with van der Waals surface area (Å²) in [6.45, 7) is 0. The Kier molecular flexibility index (Phi) is 6.16. The van der Waals surface area contributed by atoms with Gasteiger partial charge in [-0.05, 0) is 30.3 Å². The Morgan fingerprint density at radius 3 is 2.59 bits per heavy atom. The first-order valence-corrected chi connectivity index (χ1v) is 10.4. The second-order valence-electron chi connectivity index (χ2n) is 7.12. The number of carboxylic acid groups (broad SMARTS) is 1. The van der Waals surface area contributed by atoms with E-state index in [4.69, 9.17) is 11.6 Å². The van der Waals surface area contributed by atoms with Crippen molar-refractivity contribution in [2.45, 2.75) is 12.2 Å². The van der Waals surface area contributed by atoms with Gasteiger partial charge < -0.3 is 10.4 Å². The maximum Gasteiger partial charge on any atom is 0.436 e. The fourth-order valence-electron chi connectivity index (χ4n) is 3.61. The van der Waals surface area contributed by atoms with Crippen molar-refractivity contribution in [1.29, 1.82) is 0 Å². The molecule has 14 heteroatoms. The Bertz CT molecular complexity index is 1400. The molecule has 0 aliphatic carbocycles. The first-order valence-electron chi connectivity index (χ1n) is 9.36. The van der Waals surface area contributed by atoms with E-state index in [2.05, 4.69) is 15.4 Å². The number of nitrogens with one attached hydrogen (secondary N) is 1. The van der Waals surface area contributed by atoms with Crippen LogP contribution in [0.15, 0.2) is 42.7 Å². The summed E-state index contributed by atoms with van der Waals surface area (Å²) in [6, 6.07) is 6.51. The highest BCUT2D eigenvalue weighted by Gasteiger charge is 2.43. The monoisotopic (exact) mass is 517 g/mol. The minimum Gasteiger partial charge on any atom is -0.478 e. The smallest absolute Gasteiger partial charge is 0.436 e. The van der Waals surface area contributed by atoms with Gasteiger partial charge in [0.1, 0.15) is 17.7 Å². The highest BCUT2D eigenvalue weighted by molar-refractivity contribution is 7.92. The van der Waals surface area contributed by atoms with Crippen LogP contribution in [0.2, 0.25) is 5.02 Å². The molecule has 34 heavy (non-hydrogen) atoms. The molecule has 0 spiro atoms. The Hall–Kier alpha value is -3.32. The van der Waals surface area contributed by atoms with Gasteiger partial charge in [-0.3, -0.25) is 4.68 Å². The number of aryl methyl sites for hydroxylation is 1. The van der Waals surface area contributed by atoms with E-state index in [0.717, 1.165) is 21.8 Å². The molecule has 2 aromatic carbocycles. The standard InChI is InChI=1S/C20H13ClF5N5O2S/c1-30-17(15(19(32)33)18(29-30)20(23,24)25)16(11-4-2-9(21)6-12(11)22)28-10-3-5-14-13(7-10)27-8-31(14)34-26/h2-8,16,28H,1H3,(H,32,33). The quantitative estimate of drug-likeness (QED) is 0.312. The summed E-state index contributed by atoms with van der Waals surface area (Å²) >= 11 is 5.74. The Morgan fingerprint density at radius 1 is 1.24 bits per heavy atom. The van der Waals surface area contributed by atoms with Crippen LogP contribution in [0.1, 0.15) is 33.4 Å². The van der Waals surface area contributed by atoms with Gasteiger partial charge in [0.25, 0.3) is 0 Å². The van der Waals surface area contributed by atoms with Crippen molar-refractivity contribution in [1.82, 2.24) is 18.7 Å². The van der Waals surface area contributed by atoms with Crippen LogP contribution in [0.4, 0.5) is 27.1 Å². The first kappa shape index (κ1) is 23.8. The van der Waals surface area contributed by atoms with Gasteiger partial charge in [-0.15, -0.1) is 3.89 Å². The van der Waals surface area contributed by atoms with Crippen molar-refractivity contribution in [3.8, 4) is 0 Å². The van der Waals surface area contributed by atoms with Crippen LogP contribution in [0.3, 0.4) is 0 Å². The number of alkyl halides is 3. The number of aromatic nitrogens is 4. The third-order valence-corrected chi connectivity index (χ3v) is 5.70. The molecule has 2 aromatic heterocycles. The van der Waals surface area contributed by atoms with E-state index < -0.39 is 41.0 Å². The van der Waals surface area contributed by atoms with Crippen molar-refractivity contribution < 1.29 is 31.3 Å². The van der Waals surface area contributed by atoms with Crippen molar-refractivity contribution in [2.75, 3.05) is 5.32 Å². The summed E-state index contributed by atoms with van der Waals surface area (Å²) in [5.41, 5.74) is -2.34. The third-order valence-electron chi connectivity index (χ3n) is 5.02. The van der Waals surface area contributed by atoms with E-state index >= 15 is 0 Å². The van der Waals surface area contributed by atoms with Gasteiger partial charge in [0.2, 0.25) is 0 Å². The highest BCUT2D eigenvalue weighted by Crippen LogP contribution is 2.38. The van der Waals surface area contributed by atoms with Crippen molar-refractivity contribution in [3.05, 3.63) is 76.1 Å². The molecule has 178 valence electrons. The lowest BCUT2D eigenvalue weighted by atomic mass is 9.98. The van der Waals surface area contributed by atoms with Crippen LogP contribution >= 0.6 is 23.9 Å². The van der Waals surface area contributed by atoms with Crippen LogP contribution in [-0.4, -0.2) is 29.8 Å². The molecular weight excluding hydrogens is 505 g/mol. The number of aromatic carboxylic acids is 1. The molecular formula is C20H13ClF5N5O2S. The Labute approximate surface area is 197 Å². The Morgan fingerprint density at radius 2 is 1.97 bits per heavy atom. The predicted molar refractivity (Wildman–Crippen MR) is 116 cm³/mol. The van der Waals surface area contributed by atoms with E-state index in [9.17, 15) is 31.3 Å². The maximum absolute atomic E-state index is 14.9. The predicted octanol–water partition coefficient (Wildman–Crippen LogP) is 5.86. The lowest BCUT2D eigenvalue weighted by molar-refractivity contribution is -0.141. The van der Waals surface area contributed by atoms with Crippen LogP contribution in [0, 0.1) is 5.82 Å². The summed E-state index contributed by atoms with van der Waals surface area (Å²) in [7, 11) is 1.13. The molecule has 2 heterocycles. The summed E-state index contributed by atoms with van der Waals surface area (Å²) in [5, 5.41) is 15.9. The second-order valence-corrected chi connectivity index (χ2v) is 8.09. The lowest BCUT2D eigenvalue weighted by Gasteiger charge is -2.22. The first-order chi connectivity index (χ1) is 16.0. The van der Waals surface area contributed by atoms with Gasteiger partial charge in [-0.1, -0.05) is 17.7 Å². The number of benzene rings is 2. The molecule has 4 rings (SSSR count). The largest absolute Gasteiger partial charge is 0.478 e. The van der Waals surface area contributed by atoms with Crippen molar-refractivity contribution in [3.63, 3.8) is 0 Å². The van der Waals surface area contributed by atoms with Gasteiger partial charge in [-0.2, -0.15) is 18.3 Å². The lowest BCUT2D eigenvalue weighted by Crippen LogP contribution is -2.21. The average molecular weight is 518 g/mol. The number of halogens is 6. The van der Waals surface area contributed by atoms with Crippen LogP contribution in [0.5, 0.6) is 0 Å². The average Bonchev–Trinajstić information content (AvgIpc) is 3.32. The highest BCUT2D eigenvalue weighted by atomic mass is 35.5. The third kappa shape index (κ3) is 4.28.